The molecule has 5 atom stereocenters. The van der Waals surface area contributed by atoms with Gasteiger partial charge in [0.2, 0.25) is 17.7 Å². The van der Waals surface area contributed by atoms with Crippen LogP contribution in [0.15, 0.2) is 0 Å². The van der Waals surface area contributed by atoms with Crippen molar-refractivity contribution < 1.29 is 48.8 Å². The lowest BCUT2D eigenvalue weighted by molar-refractivity contribution is -0.144. The number of ether oxygens (including phenoxy) is 1. The third-order valence-corrected chi connectivity index (χ3v) is 6.33. The third kappa shape index (κ3) is 11.4. The number of aliphatic carboxylic acids is 3. The first kappa shape index (κ1) is 32.8. The molecule has 14 heteroatoms. The molecule has 1 saturated heterocycles. The Morgan fingerprint density at radius 1 is 0.974 bits per heavy atom. The van der Waals surface area contributed by atoms with E-state index in [9.17, 15) is 33.9 Å². The van der Waals surface area contributed by atoms with E-state index in [1.165, 1.54) is 12.0 Å². The second kappa shape index (κ2) is 15.9. The molecule has 216 valence electrons. The van der Waals surface area contributed by atoms with Crippen LogP contribution in [0.2, 0.25) is 0 Å². The third-order valence-electron chi connectivity index (χ3n) is 6.33. The summed E-state index contributed by atoms with van der Waals surface area (Å²) in [6.45, 7) is 4.07. The van der Waals surface area contributed by atoms with E-state index < -0.39 is 72.2 Å². The number of rotatable bonds is 16. The number of carbonyl (C=O) groups excluding carboxylic acids is 3. The smallest absolute Gasteiger partial charge is 0.326 e. The summed E-state index contributed by atoms with van der Waals surface area (Å²) in [5.74, 6) is -5.80. The maximum Gasteiger partial charge on any atom is 0.326 e. The normalized spacial score (nSPS) is 19.8. The summed E-state index contributed by atoms with van der Waals surface area (Å²) in [6, 6.07) is -3.38. The van der Waals surface area contributed by atoms with Crippen LogP contribution in [0.1, 0.15) is 58.8 Å². The van der Waals surface area contributed by atoms with Gasteiger partial charge in [-0.05, 0) is 31.6 Å². The Balaban J connectivity index is 2.94. The number of carbonyl (C=O) groups is 6. The number of nitrogens with zero attached hydrogens (tertiary/aromatic N) is 1. The highest BCUT2D eigenvalue weighted by atomic mass is 16.5. The molecule has 0 radical (unpaired) electrons. The zero-order valence-electron chi connectivity index (χ0n) is 22.1. The van der Waals surface area contributed by atoms with E-state index in [0.717, 1.165) is 0 Å². The molecule has 0 aromatic carbocycles. The first-order valence-corrected chi connectivity index (χ1v) is 12.6. The second-order valence-electron chi connectivity index (χ2n) is 9.93. The van der Waals surface area contributed by atoms with Gasteiger partial charge in [-0.25, -0.2) is 4.79 Å². The lowest BCUT2D eigenvalue weighted by Gasteiger charge is -2.39. The number of carboxylic acids is 3. The van der Waals surface area contributed by atoms with Crippen molar-refractivity contribution in [3.63, 3.8) is 0 Å². The molecule has 1 heterocycles. The summed E-state index contributed by atoms with van der Waals surface area (Å²) in [7, 11) is 1.45. The molecule has 0 aromatic heterocycles. The van der Waals surface area contributed by atoms with Crippen LogP contribution in [0, 0.1) is 11.8 Å². The highest BCUT2D eigenvalue weighted by molar-refractivity contribution is 5.90. The van der Waals surface area contributed by atoms with Crippen molar-refractivity contribution in [1.29, 1.82) is 0 Å². The van der Waals surface area contributed by atoms with Crippen LogP contribution in [0.3, 0.4) is 0 Å². The number of carboxylic acid groups (broad SMARTS) is 3. The summed E-state index contributed by atoms with van der Waals surface area (Å²) in [6.07, 6.45) is -1.10. The number of hydrogen-bond acceptors (Lipinski definition) is 8. The van der Waals surface area contributed by atoms with E-state index >= 15 is 0 Å². The van der Waals surface area contributed by atoms with Crippen LogP contribution in [0.25, 0.3) is 0 Å². The fourth-order valence-electron chi connectivity index (χ4n) is 4.37. The number of methoxy groups -OCH3 is 1. The maximum absolute atomic E-state index is 13.3. The number of nitrogens with two attached hydrogens (primary N) is 1. The number of amides is 3. The van der Waals surface area contributed by atoms with E-state index in [4.69, 9.17) is 20.7 Å². The van der Waals surface area contributed by atoms with Crippen LogP contribution >= 0.6 is 0 Å². The van der Waals surface area contributed by atoms with E-state index in [1.807, 2.05) is 13.8 Å². The fourth-order valence-corrected chi connectivity index (χ4v) is 4.37. The molecule has 0 unspecified atom stereocenters. The van der Waals surface area contributed by atoms with Gasteiger partial charge in [-0.15, -0.1) is 0 Å². The Kier molecular flexibility index (Phi) is 13.7. The van der Waals surface area contributed by atoms with Gasteiger partial charge in [0.25, 0.3) is 0 Å². The molecular formula is C24H40N4O10. The van der Waals surface area contributed by atoms with E-state index in [2.05, 4.69) is 10.6 Å². The lowest BCUT2D eigenvalue weighted by atomic mass is 9.90. The Morgan fingerprint density at radius 3 is 2.05 bits per heavy atom. The molecule has 0 bridgehead atoms. The van der Waals surface area contributed by atoms with E-state index in [1.54, 1.807) is 0 Å². The van der Waals surface area contributed by atoms with Crippen molar-refractivity contribution in [2.75, 3.05) is 20.2 Å². The van der Waals surface area contributed by atoms with E-state index in [0.29, 0.717) is 12.8 Å². The van der Waals surface area contributed by atoms with Crippen LogP contribution < -0.4 is 16.4 Å². The molecule has 0 aliphatic carbocycles. The molecule has 3 amide bonds. The molecule has 0 saturated carbocycles. The molecule has 1 aliphatic heterocycles. The average molecular weight is 545 g/mol. The molecule has 1 aliphatic rings. The minimum atomic E-state index is -1.38. The minimum absolute atomic E-state index is 0.0507. The van der Waals surface area contributed by atoms with Gasteiger partial charge in [-0.1, -0.05) is 13.8 Å². The van der Waals surface area contributed by atoms with Crippen molar-refractivity contribution in [1.82, 2.24) is 15.5 Å². The Bertz CT molecular complexity index is 865. The van der Waals surface area contributed by atoms with Crippen molar-refractivity contribution in [3.05, 3.63) is 0 Å². The SMILES string of the molecule is CO[C@H]1CCN(C(=O)[C@H](CCC(=O)O)NC(=O)[C@@H](N)CC(C)C)C[C@H]1CC(=O)N[C@@H](CCC(=O)O)C(=O)O. The van der Waals surface area contributed by atoms with Gasteiger partial charge < -0.3 is 41.3 Å². The molecule has 7 N–H and O–H groups in total. The average Bonchev–Trinajstić information content (AvgIpc) is 2.82. The van der Waals surface area contributed by atoms with Crippen LogP contribution in [0.5, 0.6) is 0 Å². The van der Waals surface area contributed by atoms with Crippen LogP contribution in [-0.4, -0.2) is 100 Å². The highest BCUT2D eigenvalue weighted by Gasteiger charge is 2.37. The van der Waals surface area contributed by atoms with Crippen molar-refractivity contribution in [2.45, 2.75) is 83.0 Å². The van der Waals surface area contributed by atoms with E-state index in [-0.39, 0.29) is 44.7 Å². The summed E-state index contributed by atoms with van der Waals surface area (Å²) in [4.78, 5) is 73.3. The van der Waals surface area contributed by atoms with Gasteiger partial charge in [-0.2, -0.15) is 0 Å². The summed E-state index contributed by atoms with van der Waals surface area (Å²) >= 11 is 0. The summed E-state index contributed by atoms with van der Waals surface area (Å²) < 4.78 is 5.46. The fraction of sp³-hybridized carbons (Fsp3) is 0.750. The van der Waals surface area contributed by atoms with Gasteiger partial charge in [-0.3, -0.25) is 24.0 Å². The minimum Gasteiger partial charge on any atom is -0.481 e. The standard InChI is InChI=1S/C24H40N4O10/c1-13(2)10-15(25)22(34)27-16(4-6-20(30)31)23(35)28-9-8-18(38-3)14(12-28)11-19(29)26-17(24(36)37)5-7-21(32)33/h13-18H,4-12,25H2,1-3H3,(H,26,29)(H,27,34)(H,30,31)(H,32,33)(H,36,37)/t14-,15+,16+,17+,18+/m1/s1. The molecular weight excluding hydrogens is 504 g/mol. The van der Waals surface area contributed by atoms with Crippen molar-refractivity contribution >= 4 is 35.6 Å². The predicted octanol–water partition coefficient (Wildman–Crippen LogP) is -0.603. The Morgan fingerprint density at radius 2 is 1.55 bits per heavy atom. The van der Waals surface area contributed by atoms with Crippen LogP contribution in [-0.2, 0) is 33.5 Å². The molecule has 1 rings (SSSR count). The predicted molar refractivity (Wildman–Crippen MR) is 133 cm³/mol. The van der Waals surface area contributed by atoms with Gasteiger partial charge >= 0.3 is 17.9 Å². The van der Waals surface area contributed by atoms with Gasteiger partial charge in [0, 0.05) is 45.4 Å². The maximum atomic E-state index is 13.3. The number of hydrogen-bond donors (Lipinski definition) is 6. The number of likely N-dealkylation sites (tertiary alicyclic amines) is 1. The molecule has 14 nitrogen and oxygen atoms in total. The second-order valence-corrected chi connectivity index (χ2v) is 9.93. The molecule has 1 fully saturated rings. The molecule has 0 aromatic rings. The monoisotopic (exact) mass is 544 g/mol. The summed E-state index contributed by atoms with van der Waals surface area (Å²) in [5.41, 5.74) is 5.92. The first-order valence-electron chi connectivity index (χ1n) is 12.6. The zero-order valence-corrected chi connectivity index (χ0v) is 22.1. The zero-order chi connectivity index (χ0) is 29.0. The van der Waals surface area contributed by atoms with Gasteiger partial charge in [0.05, 0.1) is 12.1 Å². The highest BCUT2D eigenvalue weighted by Crippen LogP contribution is 2.24. The molecule has 38 heavy (non-hydrogen) atoms. The summed E-state index contributed by atoms with van der Waals surface area (Å²) in [5, 5.41) is 32.1. The Hall–Kier alpha value is -3.26. The van der Waals surface area contributed by atoms with Gasteiger partial charge in [0.1, 0.15) is 12.1 Å². The van der Waals surface area contributed by atoms with Crippen molar-refractivity contribution in [2.24, 2.45) is 17.6 Å². The lowest BCUT2D eigenvalue weighted by Crippen LogP contribution is -2.56. The topological polar surface area (TPSA) is 226 Å². The van der Waals surface area contributed by atoms with Crippen LogP contribution in [0.4, 0.5) is 0 Å². The number of piperidine rings is 1. The largest absolute Gasteiger partial charge is 0.481 e. The molecule has 0 spiro atoms. The quantitative estimate of drug-likeness (QED) is 0.144. The Labute approximate surface area is 221 Å². The van der Waals surface area contributed by atoms with Crippen molar-refractivity contribution in [3.8, 4) is 0 Å². The number of nitrogens with one attached hydrogen (secondary N) is 2. The van der Waals surface area contributed by atoms with Gasteiger partial charge in [0.15, 0.2) is 0 Å². The first-order chi connectivity index (χ1) is 17.7.